The van der Waals surface area contributed by atoms with Gasteiger partial charge in [0.05, 0.1) is 6.10 Å². The fourth-order valence-electron chi connectivity index (χ4n) is 3.53. The van der Waals surface area contributed by atoms with E-state index >= 15 is 0 Å². The van der Waals surface area contributed by atoms with Gasteiger partial charge in [-0.15, -0.1) is 0 Å². The van der Waals surface area contributed by atoms with Crippen molar-refractivity contribution in [3.8, 4) is 5.75 Å². The minimum Gasteiger partial charge on any atom is -0.490 e. The molecule has 0 amide bonds. The standard InChI is InChI=1S/C18H28FNO/c1-5-20-14(4)17-11-15(19)6-7-18(17)21-16-9-12(2)8-13(3)10-16/h6-7,11-14,16,20H,5,8-10H2,1-4H3. The van der Waals surface area contributed by atoms with Crippen LogP contribution in [-0.4, -0.2) is 12.6 Å². The molecule has 1 saturated carbocycles. The monoisotopic (exact) mass is 293 g/mol. The molecular weight excluding hydrogens is 265 g/mol. The maximum atomic E-state index is 13.6. The molecule has 118 valence electrons. The molecule has 0 aromatic heterocycles. The summed E-state index contributed by atoms with van der Waals surface area (Å²) < 4.78 is 19.8. The third-order valence-electron chi connectivity index (χ3n) is 4.38. The minimum absolute atomic E-state index is 0.0964. The molecule has 1 aromatic rings. The van der Waals surface area contributed by atoms with Gasteiger partial charge in [-0.1, -0.05) is 20.8 Å². The summed E-state index contributed by atoms with van der Waals surface area (Å²) >= 11 is 0. The predicted octanol–water partition coefficient (Wildman–Crippen LogP) is 4.70. The number of rotatable bonds is 5. The maximum absolute atomic E-state index is 13.6. The van der Waals surface area contributed by atoms with Crippen molar-refractivity contribution in [1.29, 1.82) is 0 Å². The highest BCUT2D eigenvalue weighted by molar-refractivity contribution is 5.36. The molecule has 3 atom stereocenters. The highest BCUT2D eigenvalue weighted by Gasteiger charge is 2.26. The van der Waals surface area contributed by atoms with Gasteiger partial charge in [-0.25, -0.2) is 4.39 Å². The molecular formula is C18H28FNO. The molecule has 3 unspecified atom stereocenters. The van der Waals surface area contributed by atoms with Crippen LogP contribution in [0.25, 0.3) is 0 Å². The van der Waals surface area contributed by atoms with Gasteiger partial charge in [0, 0.05) is 11.6 Å². The van der Waals surface area contributed by atoms with Crippen LogP contribution in [0.2, 0.25) is 0 Å². The van der Waals surface area contributed by atoms with Crippen molar-refractivity contribution >= 4 is 0 Å². The van der Waals surface area contributed by atoms with Crippen molar-refractivity contribution in [2.75, 3.05) is 6.54 Å². The topological polar surface area (TPSA) is 21.3 Å². The fourth-order valence-corrected chi connectivity index (χ4v) is 3.53. The van der Waals surface area contributed by atoms with E-state index in [2.05, 4.69) is 33.0 Å². The summed E-state index contributed by atoms with van der Waals surface area (Å²) in [5.74, 6) is 2.03. The Labute approximate surface area is 128 Å². The smallest absolute Gasteiger partial charge is 0.124 e. The lowest BCUT2D eigenvalue weighted by Crippen LogP contribution is -2.29. The van der Waals surface area contributed by atoms with E-state index in [1.165, 1.54) is 12.5 Å². The largest absolute Gasteiger partial charge is 0.490 e. The molecule has 0 saturated heterocycles. The molecule has 21 heavy (non-hydrogen) atoms. The second-order valence-electron chi connectivity index (χ2n) is 6.62. The van der Waals surface area contributed by atoms with Crippen LogP contribution in [0.3, 0.4) is 0 Å². The Kier molecular flexibility index (Phi) is 5.63. The first kappa shape index (κ1) is 16.3. The summed E-state index contributed by atoms with van der Waals surface area (Å²) in [6.07, 6.45) is 3.72. The predicted molar refractivity (Wildman–Crippen MR) is 85.1 cm³/mol. The Hall–Kier alpha value is -1.09. The van der Waals surface area contributed by atoms with Crippen molar-refractivity contribution in [2.45, 2.75) is 59.1 Å². The molecule has 0 radical (unpaired) electrons. The second-order valence-corrected chi connectivity index (χ2v) is 6.62. The van der Waals surface area contributed by atoms with Crippen molar-refractivity contribution in [3.05, 3.63) is 29.6 Å². The quantitative estimate of drug-likeness (QED) is 0.849. The summed E-state index contributed by atoms with van der Waals surface area (Å²) in [4.78, 5) is 0. The molecule has 0 heterocycles. The molecule has 1 aliphatic carbocycles. The Morgan fingerprint density at radius 2 is 1.90 bits per heavy atom. The number of nitrogens with one attached hydrogen (secondary N) is 1. The van der Waals surface area contributed by atoms with Crippen LogP contribution in [0.1, 0.15) is 58.6 Å². The molecule has 2 nitrogen and oxygen atoms in total. The first-order chi connectivity index (χ1) is 9.99. The Morgan fingerprint density at radius 1 is 1.24 bits per heavy atom. The van der Waals surface area contributed by atoms with E-state index in [4.69, 9.17) is 4.74 Å². The molecule has 2 rings (SSSR count). The van der Waals surface area contributed by atoms with Gasteiger partial charge in [0.25, 0.3) is 0 Å². The summed E-state index contributed by atoms with van der Waals surface area (Å²) in [5, 5.41) is 3.34. The number of benzene rings is 1. The van der Waals surface area contributed by atoms with Crippen LogP contribution in [0.4, 0.5) is 4.39 Å². The van der Waals surface area contributed by atoms with Crippen molar-refractivity contribution in [1.82, 2.24) is 5.32 Å². The lowest BCUT2D eigenvalue weighted by molar-refractivity contribution is 0.0994. The van der Waals surface area contributed by atoms with Crippen LogP contribution in [0, 0.1) is 17.7 Å². The lowest BCUT2D eigenvalue weighted by Gasteiger charge is -2.32. The molecule has 3 heteroatoms. The Balaban J connectivity index is 2.15. The van der Waals surface area contributed by atoms with E-state index < -0.39 is 0 Å². The van der Waals surface area contributed by atoms with Crippen LogP contribution in [-0.2, 0) is 0 Å². The van der Waals surface area contributed by atoms with Gasteiger partial charge >= 0.3 is 0 Å². The second kappa shape index (κ2) is 7.26. The number of halogens is 1. The lowest BCUT2D eigenvalue weighted by atomic mass is 9.82. The SMILES string of the molecule is CCNC(C)c1cc(F)ccc1OC1CC(C)CC(C)C1. The zero-order chi connectivity index (χ0) is 15.4. The van der Waals surface area contributed by atoms with E-state index in [1.807, 2.05) is 0 Å². The highest BCUT2D eigenvalue weighted by atomic mass is 19.1. The Bertz CT molecular complexity index is 453. The highest BCUT2D eigenvalue weighted by Crippen LogP contribution is 2.34. The van der Waals surface area contributed by atoms with Crippen LogP contribution in [0.15, 0.2) is 18.2 Å². The number of hydrogen-bond acceptors (Lipinski definition) is 2. The molecule has 0 spiro atoms. The summed E-state index contributed by atoms with van der Waals surface area (Å²) in [7, 11) is 0. The van der Waals surface area contributed by atoms with Gasteiger partial charge in [0.1, 0.15) is 11.6 Å². The van der Waals surface area contributed by atoms with Crippen LogP contribution >= 0.6 is 0 Å². The summed E-state index contributed by atoms with van der Waals surface area (Å²) in [6.45, 7) is 9.55. The van der Waals surface area contributed by atoms with Crippen LogP contribution in [0.5, 0.6) is 5.75 Å². The average Bonchev–Trinajstić information content (AvgIpc) is 2.40. The van der Waals surface area contributed by atoms with Gasteiger partial charge in [0.15, 0.2) is 0 Å². The van der Waals surface area contributed by atoms with E-state index in [0.717, 1.165) is 30.7 Å². The maximum Gasteiger partial charge on any atom is 0.124 e. The van der Waals surface area contributed by atoms with Gasteiger partial charge in [-0.3, -0.25) is 0 Å². The van der Waals surface area contributed by atoms with E-state index in [1.54, 1.807) is 12.1 Å². The number of hydrogen-bond donors (Lipinski definition) is 1. The van der Waals surface area contributed by atoms with Gasteiger partial charge in [-0.2, -0.15) is 0 Å². The molecule has 1 fully saturated rings. The first-order valence-corrected chi connectivity index (χ1v) is 8.19. The fraction of sp³-hybridized carbons (Fsp3) is 0.667. The zero-order valence-corrected chi connectivity index (χ0v) is 13.7. The molecule has 0 aliphatic heterocycles. The molecule has 1 aliphatic rings. The van der Waals surface area contributed by atoms with E-state index in [9.17, 15) is 4.39 Å². The zero-order valence-electron chi connectivity index (χ0n) is 13.7. The molecule has 0 bridgehead atoms. The van der Waals surface area contributed by atoms with Crippen LogP contribution < -0.4 is 10.1 Å². The summed E-state index contributed by atoms with van der Waals surface area (Å²) in [5.41, 5.74) is 0.919. The van der Waals surface area contributed by atoms with Gasteiger partial charge < -0.3 is 10.1 Å². The summed E-state index contributed by atoms with van der Waals surface area (Å²) in [6, 6.07) is 4.97. The van der Waals surface area contributed by atoms with E-state index in [-0.39, 0.29) is 18.0 Å². The van der Waals surface area contributed by atoms with Crippen molar-refractivity contribution < 1.29 is 9.13 Å². The van der Waals surface area contributed by atoms with Crippen molar-refractivity contribution in [3.63, 3.8) is 0 Å². The number of ether oxygens (including phenoxy) is 1. The van der Waals surface area contributed by atoms with Crippen molar-refractivity contribution in [2.24, 2.45) is 11.8 Å². The Morgan fingerprint density at radius 3 is 2.52 bits per heavy atom. The minimum atomic E-state index is -0.201. The first-order valence-electron chi connectivity index (χ1n) is 8.19. The van der Waals surface area contributed by atoms with Gasteiger partial charge in [0.2, 0.25) is 0 Å². The van der Waals surface area contributed by atoms with E-state index in [0.29, 0.717) is 11.8 Å². The third kappa shape index (κ3) is 4.44. The molecule has 1 aromatic carbocycles. The normalized spacial score (nSPS) is 27.4. The third-order valence-corrected chi connectivity index (χ3v) is 4.38. The molecule has 1 N–H and O–H groups in total. The average molecular weight is 293 g/mol. The van der Waals surface area contributed by atoms with Gasteiger partial charge in [-0.05, 0) is 62.8 Å².